The number of hydrogen-bond donors (Lipinski definition) is 0. The Morgan fingerprint density at radius 2 is 1.61 bits per heavy atom. The Kier molecular flexibility index (Phi) is 6.13. The van der Waals surface area contributed by atoms with Crippen LogP contribution in [0.5, 0.6) is 5.75 Å². The second-order valence-electron chi connectivity index (χ2n) is 8.99. The van der Waals surface area contributed by atoms with Crippen molar-refractivity contribution >= 4 is 36.2 Å². The van der Waals surface area contributed by atoms with Gasteiger partial charge < -0.3 is 9.64 Å². The van der Waals surface area contributed by atoms with Gasteiger partial charge in [-0.2, -0.15) is 0 Å². The van der Waals surface area contributed by atoms with Gasteiger partial charge in [0.1, 0.15) is 11.4 Å². The first-order chi connectivity index (χ1) is 12.2. The molecule has 0 N–H and O–H groups in total. The molecule has 5 heteroatoms. The van der Waals surface area contributed by atoms with E-state index in [2.05, 4.69) is 83.1 Å². The molecule has 0 bridgehead atoms. The van der Waals surface area contributed by atoms with Crippen LogP contribution in [-0.2, 0) is 12.8 Å². The first-order valence-corrected chi connectivity index (χ1v) is 9.38. The first-order valence-electron chi connectivity index (χ1n) is 9.38. The summed E-state index contributed by atoms with van der Waals surface area (Å²) >= 11 is 0. The van der Waals surface area contributed by atoms with Gasteiger partial charge in [-0.25, -0.2) is 0 Å². The summed E-state index contributed by atoms with van der Waals surface area (Å²) in [4.78, 5) is 7.34. The van der Waals surface area contributed by atoms with E-state index in [4.69, 9.17) is 9.73 Å². The lowest BCUT2D eigenvalue weighted by Gasteiger charge is -2.32. The Balaban J connectivity index is 0.00000140. The summed E-state index contributed by atoms with van der Waals surface area (Å²) in [5.74, 6) is 1.03. The van der Waals surface area contributed by atoms with Crippen LogP contribution in [-0.4, -0.2) is 30.9 Å². The fraction of sp³-hybridized carbons (Fsp3) is 0.435. The van der Waals surface area contributed by atoms with Gasteiger partial charge in [-0.05, 0) is 45.7 Å². The molecule has 28 heavy (non-hydrogen) atoms. The van der Waals surface area contributed by atoms with Crippen molar-refractivity contribution in [3.8, 4) is 5.75 Å². The number of rotatable bonds is 2. The van der Waals surface area contributed by atoms with E-state index < -0.39 is 0 Å². The molecule has 0 unspecified atom stereocenters. The van der Waals surface area contributed by atoms with Crippen molar-refractivity contribution in [2.45, 2.75) is 51.7 Å². The molecular weight excluding hydrogens is 391 g/mol. The number of anilines is 1. The molecule has 2 aliphatic heterocycles. The van der Waals surface area contributed by atoms with E-state index in [9.17, 15) is 0 Å². The SMILES string of the molecule is CN(C)c1cc2c(c3c1OC(C)(C)C3)C(c1ccccc1)=NC(C)(C)C2.Cl.Cl. The molecule has 152 valence electrons. The highest BCUT2D eigenvalue weighted by molar-refractivity contribution is 6.16. The van der Waals surface area contributed by atoms with Gasteiger partial charge in [0.05, 0.1) is 16.9 Å². The van der Waals surface area contributed by atoms with Crippen molar-refractivity contribution in [2.75, 3.05) is 19.0 Å². The summed E-state index contributed by atoms with van der Waals surface area (Å²) in [6.45, 7) is 8.79. The molecule has 2 aromatic rings. The van der Waals surface area contributed by atoms with Crippen molar-refractivity contribution in [1.82, 2.24) is 0 Å². The predicted octanol–water partition coefficient (Wildman–Crippen LogP) is 5.48. The van der Waals surface area contributed by atoms with Crippen LogP contribution >= 0.6 is 24.8 Å². The van der Waals surface area contributed by atoms with E-state index in [1.807, 2.05) is 0 Å². The van der Waals surface area contributed by atoms with Gasteiger partial charge >= 0.3 is 0 Å². The number of ether oxygens (including phenoxy) is 1. The lowest BCUT2D eigenvalue weighted by Crippen LogP contribution is -2.31. The summed E-state index contributed by atoms with van der Waals surface area (Å²) in [5.41, 5.74) is 7.17. The molecule has 0 atom stereocenters. The number of hydrogen-bond acceptors (Lipinski definition) is 3. The van der Waals surface area contributed by atoms with Gasteiger partial charge in [0.25, 0.3) is 0 Å². The standard InChI is InChI=1S/C23H28N2O.2ClH/c1-22(2)13-16-12-18(25(5)6)21-17(14-23(3,4)26-21)19(16)20(24-22)15-10-8-7-9-11-15;;/h7-12H,13-14H2,1-6H3;2*1H. The summed E-state index contributed by atoms with van der Waals surface area (Å²) < 4.78 is 6.39. The van der Waals surface area contributed by atoms with Crippen LogP contribution in [0.3, 0.4) is 0 Å². The Bertz CT molecular complexity index is 903. The van der Waals surface area contributed by atoms with Gasteiger partial charge in [-0.15, -0.1) is 24.8 Å². The molecule has 0 fully saturated rings. The van der Waals surface area contributed by atoms with Crippen LogP contribution < -0.4 is 9.64 Å². The molecule has 0 amide bonds. The molecule has 0 aromatic heterocycles. The van der Waals surface area contributed by atoms with Crippen LogP contribution in [0.4, 0.5) is 5.69 Å². The smallest absolute Gasteiger partial charge is 0.147 e. The Hall–Kier alpha value is -1.71. The largest absolute Gasteiger partial charge is 0.485 e. The summed E-state index contributed by atoms with van der Waals surface area (Å²) in [5, 5.41) is 0. The molecule has 0 aliphatic carbocycles. The van der Waals surface area contributed by atoms with Crippen LogP contribution in [0, 0.1) is 0 Å². The summed E-state index contributed by atoms with van der Waals surface area (Å²) in [6.07, 6.45) is 1.87. The fourth-order valence-electron chi connectivity index (χ4n) is 4.22. The first kappa shape index (κ1) is 22.6. The Labute approximate surface area is 181 Å². The summed E-state index contributed by atoms with van der Waals surface area (Å²) in [6, 6.07) is 12.9. The molecule has 3 nitrogen and oxygen atoms in total. The van der Waals surface area contributed by atoms with E-state index >= 15 is 0 Å². The molecule has 4 rings (SSSR count). The van der Waals surface area contributed by atoms with E-state index in [0.29, 0.717) is 0 Å². The maximum Gasteiger partial charge on any atom is 0.147 e. The third kappa shape index (κ3) is 3.88. The van der Waals surface area contributed by atoms with Crippen molar-refractivity contribution in [1.29, 1.82) is 0 Å². The van der Waals surface area contributed by atoms with E-state index in [1.54, 1.807) is 0 Å². The third-order valence-electron chi connectivity index (χ3n) is 5.22. The third-order valence-corrected chi connectivity index (χ3v) is 5.22. The number of benzene rings is 2. The zero-order valence-corrected chi connectivity index (χ0v) is 19.1. The predicted molar refractivity (Wildman–Crippen MR) is 124 cm³/mol. The zero-order valence-electron chi connectivity index (χ0n) is 17.5. The van der Waals surface area contributed by atoms with Gasteiger partial charge in [-0.3, -0.25) is 4.99 Å². The average molecular weight is 421 g/mol. The van der Waals surface area contributed by atoms with Crippen molar-refractivity contribution in [3.05, 3.63) is 58.7 Å². The Morgan fingerprint density at radius 3 is 2.21 bits per heavy atom. The van der Waals surface area contributed by atoms with Crippen molar-refractivity contribution in [3.63, 3.8) is 0 Å². The van der Waals surface area contributed by atoms with E-state index in [-0.39, 0.29) is 36.0 Å². The monoisotopic (exact) mass is 420 g/mol. The van der Waals surface area contributed by atoms with Crippen molar-refractivity contribution in [2.24, 2.45) is 4.99 Å². The van der Waals surface area contributed by atoms with Gasteiger partial charge in [0.15, 0.2) is 0 Å². The van der Waals surface area contributed by atoms with Crippen LogP contribution in [0.2, 0.25) is 0 Å². The minimum atomic E-state index is -0.184. The molecule has 0 saturated heterocycles. The van der Waals surface area contributed by atoms with Gasteiger partial charge in [-0.1, -0.05) is 30.3 Å². The van der Waals surface area contributed by atoms with E-state index in [1.165, 1.54) is 27.9 Å². The number of aliphatic imine (C=N–C) groups is 1. The molecule has 0 spiro atoms. The molecule has 2 aromatic carbocycles. The van der Waals surface area contributed by atoms with Crippen LogP contribution in [0.1, 0.15) is 49.9 Å². The lowest BCUT2D eigenvalue weighted by molar-refractivity contribution is 0.139. The summed E-state index contributed by atoms with van der Waals surface area (Å²) in [7, 11) is 4.19. The number of nitrogens with zero attached hydrogens (tertiary/aromatic N) is 2. The normalized spacial score (nSPS) is 17.9. The highest BCUT2D eigenvalue weighted by atomic mass is 35.5. The maximum absolute atomic E-state index is 6.39. The second-order valence-corrected chi connectivity index (χ2v) is 8.99. The molecule has 2 heterocycles. The molecular formula is C23H30Cl2N2O. The highest BCUT2D eigenvalue weighted by Crippen LogP contribution is 2.47. The minimum absolute atomic E-state index is 0. The quantitative estimate of drug-likeness (QED) is 0.641. The zero-order chi connectivity index (χ0) is 18.7. The fourth-order valence-corrected chi connectivity index (χ4v) is 4.22. The topological polar surface area (TPSA) is 24.8 Å². The van der Waals surface area contributed by atoms with Gasteiger partial charge in [0, 0.05) is 37.2 Å². The maximum atomic E-state index is 6.39. The Morgan fingerprint density at radius 1 is 0.964 bits per heavy atom. The number of fused-ring (bicyclic) bond motifs is 3. The molecule has 0 saturated carbocycles. The van der Waals surface area contributed by atoms with Gasteiger partial charge in [0.2, 0.25) is 0 Å². The molecule has 2 aliphatic rings. The number of halogens is 2. The molecule has 0 radical (unpaired) electrons. The lowest BCUT2D eigenvalue weighted by atomic mass is 9.80. The second kappa shape index (κ2) is 7.61. The average Bonchev–Trinajstić information content (AvgIpc) is 2.87. The minimum Gasteiger partial charge on any atom is -0.485 e. The van der Waals surface area contributed by atoms with Crippen LogP contribution in [0.15, 0.2) is 41.4 Å². The highest BCUT2D eigenvalue weighted by Gasteiger charge is 2.39. The van der Waals surface area contributed by atoms with E-state index in [0.717, 1.165) is 24.3 Å². The van der Waals surface area contributed by atoms with Crippen molar-refractivity contribution < 1.29 is 4.74 Å². The van der Waals surface area contributed by atoms with Crippen LogP contribution in [0.25, 0.3) is 0 Å².